The number of ether oxygens (including phenoxy) is 3. The van der Waals surface area contributed by atoms with Gasteiger partial charge in [0.1, 0.15) is 5.75 Å². The van der Waals surface area contributed by atoms with Crippen molar-refractivity contribution in [3.63, 3.8) is 0 Å². The predicted molar refractivity (Wildman–Crippen MR) is 85.7 cm³/mol. The summed E-state index contributed by atoms with van der Waals surface area (Å²) in [5.41, 5.74) is 2.32. The van der Waals surface area contributed by atoms with E-state index < -0.39 is 0 Å². The first-order valence-corrected chi connectivity index (χ1v) is 7.72. The molecule has 0 fully saturated rings. The Morgan fingerprint density at radius 3 is 2.52 bits per heavy atom. The average molecular weight is 295 g/mol. The van der Waals surface area contributed by atoms with Crippen LogP contribution in [-0.2, 0) is 22.6 Å². The number of rotatable bonds is 11. The van der Waals surface area contributed by atoms with Crippen molar-refractivity contribution in [1.82, 2.24) is 5.32 Å². The van der Waals surface area contributed by atoms with Gasteiger partial charge in [0, 0.05) is 24.8 Å². The van der Waals surface area contributed by atoms with Crippen LogP contribution in [0.15, 0.2) is 18.2 Å². The van der Waals surface area contributed by atoms with E-state index in [4.69, 9.17) is 14.2 Å². The minimum Gasteiger partial charge on any atom is -0.496 e. The maximum absolute atomic E-state index is 5.66. The summed E-state index contributed by atoms with van der Waals surface area (Å²) in [7, 11) is 1.69. The Morgan fingerprint density at radius 1 is 1.10 bits per heavy atom. The third-order valence-electron chi connectivity index (χ3n) is 3.04. The Bertz CT molecular complexity index is 394. The molecule has 0 heterocycles. The highest BCUT2D eigenvalue weighted by Gasteiger charge is 2.05. The molecule has 0 amide bonds. The zero-order chi connectivity index (χ0) is 15.5. The fourth-order valence-corrected chi connectivity index (χ4v) is 1.92. The molecule has 0 atom stereocenters. The molecule has 21 heavy (non-hydrogen) atoms. The molecule has 0 bridgehead atoms. The Morgan fingerprint density at radius 2 is 1.86 bits per heavy atom. The van der Waals surface area contributed by atoms with Crippen LogP contribution in [0.3, 0.4) is 0 Å². The van der Waals surface area contributed by atoms with E-state index in [1.54, 1.807) is 7.11 Å². The molecule has 0 aromatic heterocycles. The SMILES string of the molecule is CCCOCCOCc1cc(CNC(C)C)ccc1OC. The van der Waals surface area contributed by atoms with Crippen LogP contribution in [0.25, 0.3) is 0 Å². The second-order valence-electron chi connectivity index (χ2n) is 5.35. The van der Waals surface area contributed by atoms with Crippen LogP contribution in [0, 0.1) is 0 Å². The largest absolute Gasteiger partial charge is 0.496 e. The summed E-state index contributed by atoms with van der Waals surface area (Å²) in [5.74, 6) is 0.873. The lowest BCUT2D eigenvalue weighted by atomic mass is 10.1. The van der Waals surface area contributed by atoms with Gasteiger partial charge in [0.2, 0.25) is 0 Å². The summed E-state index contributed by atoms with van der Waals surface area (Å²) in [4.78, 5) is 0. The molecule has 4 heteroatoms. The first-order chi connectivity index (χ1) is 10.2. The first-order valence-electron chi connectivity index (χ1n) is 7.72. The van der Waals surface area contributed by atoms with Crippen molar-refractivity contribution in [3.05, 3.63) is 29.3 Å². The second kappa shape index (κ2) is 10.6. The van der Waals surface area contributed by atoms with E-state index in [1.807, 2.05) is 6.07 Å². The highest BCUT2D eigenvalue weighted by atomic mass is 16.5. The average Bonchev–Trinajstić information content (AvgIpc) is 2.48. The summed E-state index contributed by atoms with van der Waals surface area (Å²) < 4.78 is 16.5. The molecule has 0 unspecified atom stereocenters. The highest BCUT2D eigenvalue weighted by Crippen LogP contribution is 2.21. The zero-order valence-electron chi connectivity index (χ0n) is 13.8. The maximum atomic E-state index is 5.66. The number of nitrogens with one attached hydrogen (secondary N) is 1. The van der Waals surface area contributed by atoms with Gasteiger partial charge in [-0.1, -0.05) is 26.8 Å². The molecule has 120 valence electrons. The first kappa shape index (κ1) is 18.0. The zero-order valence-corrected chi connectivity index (χ0v) is 13.8. The van der Waals surface area contributed by atoms with Gasteiger partial charge in [0.05, 0.1) is 26.9 Å². The lowest BCUT2D eigenvalue weighted by Gasteiger charge is -2.13. The summed E-state index contributed by atoms with van der Waals surface area (Å²) in [6, 6.07) is 6.70. The Hall–Kier alpha value is -1.10. The number of hydrogen-bond acceptors (Lipinski definition) is 4. The molecule has 0 saturated carbocycles. The predicted octanol–water partition coefficient (Wildman–Crippen LogP) is 3.14. The van der Waals surface area contributed by atoms with Crippen LogP contribution >= 0.6 is 0 Å². The van der Waals surface area contributed by atoms with E-state index in [2.05, 4.69) is 38.2 Å². The van der Waals surface area contributed by atoms with E-state index in [0.717, 1.165) is 30.9 Å². The molecule has 4 nitrogen and oxygen atoms in total. The smallest absolute Gasteiger partial charge is 0.124 e. The van der Waals surface area contributed by atoms with E-state index in [1.165, 1.54) is 5.56 Å². The third-order valence-corrected chi connectivity index (χ3v) is 3.04. The maximum Gasteiger partial charge on any atom is 0.124 e. The summed E-state index contributed by atoms with van der Waals surface area (Å²) in [5, 5.41) is 3.42. The van der Waals surface area contributed by atoms with Gasteiger partial charge in [0.15, 0.2) is 0 Å². The normalized spacial score (nSPS) is 11.1. The van der Waals surface area contributed by atoms with Gasteiger partial charge in [-0.2, -0.15) is 0 Å². The minimum atomic E-state index is 0.475. The molecular formula is C17H29NO3. The molecule has 0 saturated heterocycles. The van der Waals surface area contributed by atoms with Crippen LogP contribution in [0.2, 0.25) is 0 Å². The molecule has 0 aliphatic heterocycles. The van der Waals surface area contributed by atoms with Crippen LogP contribution < -0.4 is 10.1 Å². The summed E-state index contributed by atoms with van der Waals surface area (Å²) >= 11 is 0. The number of methoxy groups -OCH3 is 1. The quantitative estimate of drug-likeness (QED) is 0.637. The minimum absolute atomic E-state index is 0.475. The standard InChI is InChI=1S/C17H29NO3/c1-5-8-20-9-10-21-13-16-11-15(12-18-14(2)3)6-7-17(16)19-4/h6-7,11,14,18H,5,8-10,12-13H2,1-4H3. The van der Waals surface area contributed by atoms with Gasteiger partial charge in [0.25, 0.3) is 0 Å². The molecule has 1 aromatic carbocycles. The molecule has 0 aliphatic carbocycles. The molecular weight excluding hydrogens is 266 g/mol. The summed E-state index contributed by atoms with van der Waals surface area (Å²) in [6.07, 6.45) is 1.04. The van der Waals surface area contributed by atoms with Crippen LogP contribution in [0.4, 0.5) is 0 Å². The Kier molecular flexibility index (Phi) is 9.06. The highest BCUT2D eigenvalue weighted by molar-refractivity contribution is 5.36. The van der Waals surface area contributed by atoms with Crippen LogP contribution in [0.5, 0.6) is 5.75 Å². The fourth-order valence-electron chi connectivity index (χ4n) is 1.92. The monoisotopic (exact) mass is 295 g/mol. The van der Waals surface area contributed by atoms with Crippen LogP contribution in [0.1, 0.15) is 38.3 Å². The van der Waals surface area contributed by atoms with Crippen molar-refractivity contribution in [2.45, 2.75) is 46.4 Å². The summed E-state index contributed by atoms with van der Waals surface area (Å²) in [6.45, 7) is 9.84. The lowest BCUT2D eigenvalue weighted by Crippen LogP contribution is -2.21. The van der Waals surface area contributed by atoms with Crippen molar-refractivity contribution >= 4 is 0 Å². The number of hydrogen-bond donors (Lipinski definition) is 1. The van der Waals surface area contributed by atoms with Gasteiger partial charge in [-0.15, -0.1) is 0 Å². The van der Waals surface area contributed by atoms with Crippen LogP contribution in [-0.4, -0.2) is 33.0 Å². The molecule has 0 radical (unpaired) electrons. The van der Waals surface area contributed by atoms with Gasteiger partial charge >= 0.3 is 0 Å². The van der Waals surface area contributed by atoms with Gasteiger partial charge in [-0.3, -0.25) is 0 Å². The van der Waals surface area contributed by atoms with Crippen molar-refractivity contribution < 1.29 is 14.2 Å². The molecule has 0 spiro atoms. The van der Waals surface area contributed by atoms with E-state index in [9.17, 15) is 0 Å². The van der Waals surface area contributed by atoms with Crippen molar-refractivity contribution in [1.29, 1.82) is 0 Å². The number of benzene rings is 1. The lowest BCUT2D eigenvalue weighted by molar-refractivity contribution is 0.0402. The van der Waals surface area contributed by atoms with E-state index in [0.29, 0.717) is 25.9 Å². The van der Waals surface area contributed by atoms with Crippen molar-refractivity contribution in [2.24, 2.45) is 0 Å². The molecule has 1 N–H and O–H groups in total. The van der Waals surface area contributed by atoms with E-state index >= 15 is 0 Å². The molecule has 1 rings (SSSR count). The second-order valence-corrected chi connectivity index (χ2v) is 5.35. The van der Waals surface area contributed by atoms with Gasteiger partial charge < -0.3 is 19.5 Å². The van der Waals surface area contributed by atoms with Crippen molar-refractivity contribution in [2.75, 3.05) is 26.9 Å². The molecule has 1 aromatic rings. The Balaban J connectivity index is 2.47. The van der Waals surface area contributed by atoms with Gasteiger partial charge in [-0.25, -0.2) is 0 Å². The van der Waals surface area contributed by atoms with Crippen molar-refractivity contribution in [3.8, 4) is 5.75 Å². The van der Waals surface area contributed by atoms with E-state index in [-0.39, 0.29) is 0 Å². The fraction of sp³-hybridized carbons (Fsp3) is 0.647. The third kappa shape index (κ3) is 7.46. The molecule has 0 aliphatic rings. The topological polar surface area (TPSA) is 39.7 Å². The van der Waals surface area contributed by atoms with Gasteiger partial charge in [-0.05, 0) is 24.1 Å². The Labute approximate surface area is 128 Å².